The third-order valence-corrected chi connectivity index (χ3v) is 4.92. The molecule has 3 amide bonds. The summed E-state index contributed by atoms with van der Waals surface area (Å²) in [6, 6.07) is 5.53. The highest BCUT2D eigenvalue weighted by Gasteiger charge is 2.29. The Morgan fingerprint density at radius 2 is 2.22 bits per heavy atom. The minimum atomic E-state index is -0.360. The predicted molar refractivity (Wildman–Crippen MR) is 90.6 cm³/mol. The third kappa shape index (κ3) is 3.13. The zero-order valence-corrected chi connectivity index (χ0v) is 14.6. The van der Waals surface area contributed by atoms with Crippen molar-refractivity contribution in [3.8, 4) is 0 Å². The molecule has 3 rings (SSSR count). The largest absolute Gasteiger partial charge is 0.451 e. The van der Waals surface area contributed by atoms with E-state index in [2.05, 4.69) is 21.2 Å². The van der Waals surface area contributed by atoms with Crippen molar-refractivity contribution in [1.82, 2.24) is 10.2 Å². The Labute approximate surface area is 144 Å². The van der Waals surface area contributed by atoms with Crippen LogP contribution in [0.5, 0.6) is 0 Å². The van der Waals surface area contributed by atoms with Crippen LogP contribution in [0, 0.1) is 6.92 Å². The summed E-state index contributed by atoms with van der Waals surface area (Å²) < 4.78 is 6.50. The number of benzene rings is 1. The lowest BCUT2D eigenvalue weighted by molar-refractivity contribution is -0.124. The molecule has 23 heavy (non-hydrogen) atoms. The zero-order valence-electron chi connectivity index (χ0n) is 12.2. The summed E-state index contributed by atoms with van der Waals surface area (Å²) >= 11 is 4.37. The average molecular weight is 397 g/mol. The monoisotopic (exact) mass is 396 g/mol. The van der Waals surface area contributed by atoms with E-state index in [0.29, 0.717) is 5.58 Å². The van der Waals surface area contributed by atoms with Gasteiger partial charge in [-0.3, -0.25) is 19.3 Å². The van der Waals surface area contributed by atoms with Gasteiger partial charge < -0.3 is 9.73 Å². The lowest BCUT2D eigenvalue weighted by Crippen LogP contribution is -2.37. The molecule has 1 N–H and O–H groups in total. The number of fused-ring (bicyclic) bond motifs is 1. The summed E-state index contributed by atoms with van der Waals surface area (Å²) in [5.41, 5.74) is 1.39. The third-order valence-electron chi connectivity index (χ3n) is 3.57. The van der Waals surface area contributed by atoms with Crippen molar-refractivity contribution in [2.24, 2.45) is 0 Å². The average Bonchev–Trinajstić information content (AvgIpc) is 3.01. The van der Waals surface area contributed by atoms with E-state index < -0.39 is 0 Å². The van der Waals surface area contributed by atoms with Gasteiger partial charge in [-0.05, 0) is 25.1 Å². The molecule has 120 valence electrons. The van der Waals surface area contributed by atoms with Gasteiger partial charge >= 0.3 is 0 Å². The van der Waals surface area contributed by atoms with Crippen molar-refractivity contribution in [3.05, 3.63) is 34.0 Å². The number of carbonyl (C=O) groups excluding carboxylic acids is 3. The van der Waals surface area contributed by atoms with Crippen LogP contribution < -0.4 is 5.32 Å². The Morgan fingerprint density at radius 3 is 2.91 bits per heavy atom. The normalized spacial score (nSPS) is 14.8. The van der Waals surface area contributed by atoms with Crippen LogP contribution in [0.4, 0.5) is 4.79 Å². The summed E-state index contributed by atoms with van der Waals surface area (Å²) in [6.07, 6.45) is 0. The molecule has 1 aliphatic heterocycles. The van der Waals surface area contributed by atoms with Crippen LogP contribution in [0.2, 0.25) is 0 Å². The van der Waals surface area contributed by atoms with E-state index in [4.69, 9.17) is 4.42 Å². The summed E-state index contributed by atoms with van der Waals surface area (Å²) in [6.45, 7) is 2.18. The van der Waals surface area contributed by atoms with Crippen molar-refractivity contribution in [1.29, 1.82) is 0 Å². The Balaban J connectivity index is 1.68. The lowest BCUT2D eigenvalue weighted by atomic mass is 10.1. The quantitative estimate of drug-likeness (QED) is 0.858. The molecule has 0 spiro atoms. The number of halogens is 1. The number of hydrogen-bond acceptors (Lipinski definition) is 5. The molecular weight excluding hydrogens is 384 g/mol. The molecule has 0 radical (unpaired) electrons. The maximum atomic E-state index is 12.2. The van der Waals surface area contributed by atoms with E-state index >= 15 is 0 Å². The highest BCUT2D eigenvalue weighted by atomic mass is 79.9. The van der Waals surface area contributed by atoms with Gasteiger partial charge in [0.2, 0.25) is 5.91 Å². The van der Waals surface area contributed by atoms with Crippen molar-refractivity contribution in [3.63, 3.8) is 0 Å². The zero-order chi connectivity index (χ0) is 16.6. The van der Waals surface area contributed by atoms with E-state index in [1.165, 1.54) is 0 Å². The minimum absolute atomic E-state index is 0.168. The van der Waals surface area contributed by atoms with Crippen LogP contribution in [-0.4, -0.2) is 40.8 Å². The number of amides is 3. The van der Waals surface area contributed by atoms with E-state index in [1.54, 1.807) is 6.07 Å². The Morgan fingerprint density at radius 1 is 1.43 bits per heavy atom. The molecule has 0 aliphatic carbocycles. The first-order valence-electron chi connectivity index (χ1n) is 6.91. The number of furan rings is 1. The molecule has 0 bridgehead atoms. The minimum Gasteiger partial charge on any atom is -0.451 e. The number of carbonyl (C=O) groups is 3. The van der Waals surface area contributed by atoms with Crippen molar-refractivity contribution < 1.29 is 18.8 Å². The van der Waals surface area contributed by atoms with Crippen molar-refractivity contribution in [2.45, 2.75) is 6.92 Å². The fourth-order valence-electron chi connectivity index (χ4n) is 2.37. The van der Waals surface area contributed by atoms with Crippen LogP contribution >= 0.6 is 27.7 Å². The van der Waals surface area contributed by atoms with Gasteiger partial charge in [0.25, 0.3) is 11.1 Å². The molecule has 8 heteroatoms. The molecule has 1 aromatic heterocycles. The summed E-state index contributed by atoms with van der Waals surface area (Å²) in [5, 5.41) is 3.28. The van der Waals surface area contributed by atoms with Crippen molar-refractivity contribution >= 4 is 55.7 Å². The summed E-state index contributed by atoms with van der Waals surface area (Å²) in [4.78, 5) is 36.3. The smallest absolute Gasteiger partial charge is 0.288 e. The van der Waals surface area contributed by atoms with E-state index in [1.807, 2.05) is 19.1 Å². The summed E-state index contributed by atoms with van der Waals surface area (Å²) in [7, 11) is 0. The number of thioether (sulfide) groups is 1. The van der Waals surface area contributed by atoms with Gasteiger partial charge in [0.15, 0.2) is 5.76 Å². The standard InChI is InChI=1S/C15H13BrN2O4S/c1-8-10-6-9(16)2-3-11(10)22-13(8)14(20)17-4-5-18-12(19)7-23-15(18)21/h2-3,6H,4-5,7H2,1H3,(H,17,20). The van der Waals surface area contributed by atoms with E-state index in [-0.39, 0.29) is 41.7 Å². The molecular formula is C15H13BrN2O4S. The van der Waals surface area contributed by atoms with Crippen LogP contribution in [0.25, 0.3) is 11.0 Å². The topological polar surface area (TPSA) is 79.6 Å². The van der Waals surface area contributed by atoms with E-state index in [0.717, 1.165) is 32.1 Å². The van der Waals surface area contributed by atoms with Crippen LogP contribution in [0.1, 0.15) is 16.1 Å². The van der Waals surface area contributed by atoms with Gasteiger partial charge in [-0.15, -0.1) is 0 Å². The SMILES string of the molecule is Cc1c(C(=O)NCCN2C(=O)CSC2=O)oc2ccc(Br)cc12. The fourth-order valence-corrected chi connectivity index (χ4v) is 3.48. The molecule has 2 aromatic rings. The second-order valence-corrected chi connectivity index (χ2v) is 6.89. The van der Waals surface area contributed by atoms with E-state index in [9.17, 15) is 14.4 Å². The number of rotatable bonds is 4. The van der Waals surface area contributed by atoms with Gasteiger partial charge in [0.05, 0.1) is 5.75 Å². The first kappa shape index (κ1) is 16.1. The number of nitrogens with zero attached hydrogens (tertiary/aromatic N) is 1. The highest BCUT2D eigenvalue weighted by Crippen LogP contribution is 2.28. The second kappa shape index (κ2) is 6.37. The Hall–Kier alpha value is -1.80. The van der Waals surface area contributed by atoms with Gasteiger partial charge in [-0.25, -0.2) is 0 Å². The molecule has 0 saturated carbocycles. The van der Waals surface area contributed by atoms with Gasteiger partial charge in [0, 0.05) is 28.5 Å². The maximum Gasteiger partial charge on any atom is 0.288 e. The molecule has 1 aliphatic rings. The number of imide groups is 1. The molecule has 1 saturated heterocycles. The van der Waals surface area contributed by atoms with Crippen LogP contribution in [-0.2, 0) is 4.79 Å². The Bertz CT molecular complexity index is 801. The molecule has 1 fully saturated rings. The maximum absolute atomic E-state index is 12.2. The van der Waals surface area contributed by atoms with Gasteiger partial charge in [-0.1, -0.05) is 27.7 Å². The lowest BCUT2D eigenvalue weighted by Gasteiger charge is -2.12. The first-order valence-corrected chi connectivity index (χ1v) is 8.69. The van der Waals surface area contributed by atoms with Crippen LogP contribution in [0.15, 0.2) is 27.1 Å². The second-order valence-electron chi connectivity index (χ2n) is 5.05. The molecule has 1 aromatic carbocycles. The molecule has 0 unspecified atom stereocenters. The summed E-state index contributed by atoms with van der Waals surface area (Å²) in [5.74, 6) is -0.170. The van der Waals surface area contributed by atoms with Crippen molar-refractivity contribution in [2.75, 3.05) is 18.8 Å². The number of aryl methyl sites for hydroxylation is 1. The van der Waals surface area contributed by atoms with Gasteiger partial charge in [0.1, 0.15) is 5.58 Å². The molecule has 0 atom stereocenters. The fraction of sp³-hybridized carbons (Fsp3) is 0.267. The molecule has 2 heterocycles. The number of nitrogens with one attached hydrogen (secondary N) is 1. The highest BCUT2D eigenvalue weighted by molar-refractivity contribution is 9.10. The molecule has 6 nitrogen and oxygen atoms in total. The number of hydrogen-bond donors (Lipinski definition) is 1. The first-order chi connectivity index (χ1) is 11.0. The Kier molecular flexibility index (Phi) is 4.45. The van der Waals surface area contributed by atoms with Gasteiger partial charge in [-0.2, -0.15) is 0 Å². The van der Waals surface area contributed by atoms with Crippen LogP contribution in [0.3, 0.4) is 0 Å². The predicted octanol–water partition coefficient (Wildman–Crippen LogP) is 2.93.